The summed E-state index contributed by atoms with van der Waals surface area (Å²) in [5.74, 6) is 1.56. The lowest BCUT2D eigenvalue weighted by Crippen LogP contribution is -2.22. The minimum atomic E-state index is -0.0309. The number of rotatable bonds is 3. The van der Waals surface area contributed by atoms with Crippen LogP contribution in [0.3, 0.4) is 0 Å². The zero-order valence-electron chi connectivity index (χ0n) is 8.98. The van der Waals surface area contributed by atoms with Crippen LogP contribution in [0.25, 0.3) is 11.6 Å². The molecule has 2 unspecified atom stereocenters. The molecule has 0 aromatic carbocycles. The number of nitrogens with zero attached hydrogens (tertiary/aromatic N) is 2. The van der Waals surface area contributed by atoms with Gasteiger partial charge < -0.3 is 14.7 Å². The average Bonchev–Trinajstić information content (AvgIpc) is 2.84. The number of nitrogens with two attached hydrogens (primary N) is 1. The maximum absolute atomic E-state index is 5.76. The van der Waals surface area contributed by atoms with E-state index in [0.29, 0.717) is 22.1 Å². The van der Waals surface area contributed by atoms with Crippen molar-refractivity contribution in [1.82, 2.24) is 10.1 Å². The van der Waals surface area contributed by atoms with Crippen LogP contribution in [0.15, 0.2) is 25.7 Å². The van der Waals surface area contributed by atoms with E-state index < -0.39 is 0 Å². The Morgan fingerprint density at radius 3 is 2.69 bits per heavy atom. The van der Waals surface area contributed by atoms with Crippen molar-refractivity contribution in [3.8, 4) is 11.6 Å². The average molecular weight is 286 g/mol. The van der Waals surface area contributed by atoms with Gasteiger partial charge >= 0.3 is 0 Å². The van der Waals surface area contributed by atoms with Crippen LogP contribution >= 0.6 is 15.9 Å². The van der Waals surface area contributed by atoms with Crippen molar-refractivity contribution in [2.45, 2.75) is 25.8 Å². The first-order chi connectivity index (χ1) is 7.58. The molecule has 86 valence electrons. The lowest BCUT2D eigenvalue weighted by molar-refractivity contribution is 0.346. The van der Waals surface area contributed by atoms with Crippen molar-refractivity contribution in [3.63, 3.8) is 0 Å². The summed E-state index contributed by atoms with van der Waals surface area (Å²) in [6, 6.07) is 3.52. The molecule has 0 aliphatic carbocycles. The van der Waals surface area contributed by atoms with Gasteiger partial charge in [0.2, 0.25) is 11.7 Å². The van der Waals surface area contributed by atoms with Gasteiger partial charge in [-0.2, -0.15) is 4.98 Å². The summed E-state index contributed by atoms with van der Waals surface area (Å²) >= 11 is 3.22. The molecular formula is C10H12BrN3O2. The van der Waals surface area contributed by atoms with Crippen molar-refractivity contribution in [1.29, 1.82) is 0 Å². The monoisotopic (exact) mass is 285 g/mol. The van der Waals surface area contributed by atoms with Crippen LogP contribution in [0, 0.1) is 0 Å². The number of halogens is 1. The predicted molar refractivity (Wildman–Crippen MR) is 61.8 cm³/mol. The lowest BCUT2D eigenvalue weighted by Gasteiger charge is -2.08. The highest BCUT2D eigenvalue weighted by Crippen LogP contribution is 2.24. The SMILES string of the molecule is CC(N)C(C)c1nc(-c2ccc(Br)o2)no1. The van der Waals surface area contributed by atoms with Gasteiger partial charge in [-0.05, 0) is 35.0 Å². The molecule has 2 aromatic rings. The number of aromatic nitrogens is 2. The summed E-state index contributed by atoms with van der Waals surface area (Å²) < 4.78 is 11.1. The van der Waals surface area contributed by atoms with Crippen molar-refractivity contribution >= 4 is 15.9 Å². The Bertz CT molecular complexity index is 478. The zero-order chi connectivity index (χ0) is 11.7. The van der Waals surface area contributed by atoms with Gasteiger partial charge in [0.1, 0.15) is 0 Å². The molecular weight excluding hydrogens is 274 g/mol. The third kappa shape index (κ3) is 2.17. The smallest absolute Gasteiger partial charge is 0.238 e. The topological polar surface area (TPSA) is 78.1 Å². The molecule has 0 bridgehead atoms. The summed E-state index contributed by atoms with van der Waals surface area (Å²) in [6.07, 6.45) is 0. The Morgan fingerprint density at radius 2 is 2.12 bits per heavy atom. The quantitative estimate of drug-likeness (QED) is 0.938. The van der Waals surface area contributed by atoms with Gasteiger partial charge in [-0.25, -0.2) is 0 Å². The minimum Gasteiger partial charge on any atom is -0.446 e. The summed E-state index contributed by atoms with van der Waals surface area (Å²) in [5.41, 5.74) is 5.76. The van der Waals surface area contributed by atoms with Crippen molar-refractivity contribution in [2.75, 3.05) is 0 Å². The largest absolute Gasteiger partial charge is 0.446 e. The van der Waals surface area contributed by atoms with Crippen molar-refractivity contribution in [2.24, 2.45) is 5.73 Å². The molecule has 16 heavy (non-hydrogen) atoms. The Balaban J connectivity index is 2.26. The maximum Gasteiger partial charge on any atom is 0.238 e. The van der Waals surface area contributed by atoms with E-state index in [9.17, 15) is 0 Å². The van der Waals surface area contributed by atoms with Crippen LogP contribution < -0.4 is 5.73 Å². The van der Waals surface area contributed by atoms with Gasteiger partial charge in [0, 0.05) is 6.04 Å². The van der Waals surface area contributed by atoms with Gasteiger partial charge in [0.05, 0.1) is 5.92 Å². The van der Waals surface area contributed by atoms with Crippen molar-refractivity contribution < 1.29 is 8.94 Å². The lowest BCUT2D eigenvalue weighted by atomic mass is 10.1. The summed E-state index contributed by atoms with van der Waals surface area (Å²) in [4.78, 5) is 4.24. The first-order valence-electron chi connectivity index (χ1n) is 4.93. The molecule has 0 saturated heterocycles. The van der Waals surface area contributed by atoms with Gasteiger partial charge in [0.15, 0.2) is 10.4 Å². The molecule has 0 radical (unpaired) electrons. The van der Waals surface area contributed by atoms with E-state index >= 15 is 0 Å². The number of hydrogen-bond donors (Lipinski definition) is 1. The molecule has 2 heterocycles. The van der Waals surface area contributed by atoms with Gasteiger partial charge in [-0.1, -0.05) is 12.1 Å². The Hall–Kier alpha value is -1.14. The molecule has 0 amide bonds. The highest BCUT2D eigenvalue weighted by molar-refractivity contribution is 9.10. The van der Waals surface area contributed by atoms with Crippen LogP contribution in [0.4, 0.5) is 0 Å². The van der Waals surface area contributed by atoms with Crippen molar-refractivity contribution in [3.05, 3.63) is 22.7 Å². The fourth-order valence-electron chi connectivity index (χ4n) is 1.18. The first-order valence-corrected chi connectivity index (χ1v) is 5.72. The molecule has 0 aliphatic heterocycles. The first kappa shape index (κ1) is 11.3. The molecule has 0 aliphatic rings. The molecule has 6 heteroatoms. The van der Waals surface area contributed by atoms with Crippen LogP contribution in [0.5, 0.6) is 0 Å². The van der Waals surface area contributed by atoms with Crippen LogP contribution in [0.2, 0.25) is 0 Å². The second-order valence-electron chi connectivity index (χ2n) is 3.71. The molecule has 2 aromatic heterocycles. The van der Waals surface area contributed by atoms with E-state index in [4.69, 9.17) is 14.7 Å². The van der Waals surface area contributed by atoms with Gasteiger partial charge in [0.25, 0.3) is 0 Å². The van der Waals surface area contributed by atoms with Crippen LogP contribution in [0.1, 0.15) is 25.7 Å². The summed E-state index contributed by atoms with van der Waals surface area (Å²) in [7, 11) is 0. The molecule has 2 rings (SSSR count). The Labute approximate surface area is 101 Å². The normalized spacial score (nSPS) is 15.0. The molecule has 0 fully saturated rings. The Morgan fingerprint density at radius 1 is 1.38 bits per heavy atom. The van der Waals surface area contributed by atoms with Gasteiger partial charge in [-0.3, -0.25) is 0 Å². The molecule has 0 saturated carbocycles. The highest BCUT2D eigenvalue weighted by Gasteiger charge is 2.19. The summed E-state index contributed by atoms with van der Waals surface area (Å²) in [5, 5.41) is 3.85. The molecule has 2 atom stereocenters. The predicted octanol–water partition coefficient (Wildman–Crippen LogP) is 2.54. The third-order valence-electron chi connectivity index (χ3n) is 2.41. The molecule has 5 nitrogen and oxygen atoms in total. The van der Waals surface area contributed by atoms with E-state index in [2.05, 4.69) is 26.1 Å². The van der Waals surface area contributed by atoms with E-state index in [-0.39, 0.29) is 12.0 Å². The Kier molecular flexibility index (Phi) is 3.11. The standard InChI is InChI=1S/C10H12BrN3O2/c1-5(6(2)12)10-13-9(14-16-10)7-3-4-8(11)15-7/h3-6H,12H2,1-2H3. The second-order valence-corrected chi connectivity index (χ2v) is 4.49. The van der Waals surface area contributed by atoms with E-state index in [0.717, 1.165) is 0 Å². The minimum absolute atomic E-state index is 0.0275. The number of hydrogen-bond acceptors (Lipinski definition) is 5. The van der Waals surface area contributed by atoms with E-state index in [1.807, 2.05) is 13.8 Å². The third-order valence-corrected chi connectivity index (χ3v) is 2.84. The highest BCUT2D eigenvalue weighted by atomic mass is 79.9. The second kappa shape index (κ2) is 4.39. The fourth-order valence-corrected chi connectivity index (χ4v) is 1.49. The summed E-state index contributed by atoms with van der Waals surface area (Å²) in [6.45, 7) is 3.85. The molecule has 2 N–H and O–H groups in total. The van der Waals surface area contributed by atoms with Gasteiger partial charge in [-0.15, -0.1) is 0 Å². The van der Waals surface area contributed by atoms with E-state index in [1.54, 1.807) is 12.1 Å². The maximum atomic E-state index is 5.76. The fraction of sp³-hybridized carbons (Fsp3) is 0.400. The number of furan rings is 1. The van der Waals surface area contributed by atoms with E-state index in [1.165, 1.54) is 0 Å². The van der Waals surface area contributed by atoms with Crippen LogP contribution in [-0.4, -0.2) is 16.2 Å². The zero-order valence-corrected chi connectivity index (χ0v) is 10.6. The van der Waals surface area contributed by atoms with Crippen LogP contribution in [-0.2, 0) is 0 Å². The molecule has 0 spiro atoms.